The van der Waals surface area contributed by atoms with Crippen LogP contribution < -0.4 is 5.46 Å². The summed E-state index contributed by atoms with van der Waals surface area (Å²) in [6.45, 7) is 8.36. The third-order valence-electron chi connectivity index (χ3n) is 17.5. The van der Waals surface area contributed by atoms with Gasteiger partial charge in [-0.05, 0) is 198 Å². The summed E-state index contributed by atoms with van der Waals surface area (Å²) in [6, 6.07) is 94.1. The summed E-state index contributed by atoms with van der Waals surface area (Å²) in [6.07, 6.45) is 0. The van der Waals surface area contributed by atoms with Gasteiger partial charge in [0, 0.05) is 67.0 Å². The van der Waals surface area contributed by atoms with Crippen molar-refractivity contribution in [2.45, 2.75) is 38.9 Å². The zero-order valence-corrected chi connectivity index (χ0v) is 54.0. The van der Waals surface area contributed by atoms with Crippen LogP contribution in [0.5, 0.6) is 0 Å². The number of furan rings is 2. The van der Waals surface area contributed by atoms with Crippen LogP contribution in [0.15, 0.2) is 285 Å². The molecule has 12 aromatic carbocycles. The van der Waals surface area contributed by atoms with Gasteiger partial charge in [0.2, 0.25) is 0 Å². The van der Waals surface area contributed by atoms with Crippen molar-refractivity contribution in [3.05, 3.63) is 279 Å². The Labute approximate surface area is 540 Å². The van der Waals surface area contributed by atoms with Crippen LogP contribution in [0.2, 0.25) is 0 Å². The number of benzene rings is 12. The van der Waals surface area contributed by atoms with E-state index in [1.165, 1.54) is 75.0 Å². The Morgan fingerprint density at radius 1 is 0.318 bits per heavy atom. The molecule has 0 saturated carbocycles. The molecule has 5 heterocycles. The normalized spacial score (nSPS) is 13.7. The zero-order chi connectivity index (χ0) is 59.8. The number of rotatable bonds is 6. The third kappa shape index (κ3) is 10.2. The fourth-order valence-electron chi connectivity index (χ4n) is 12.4. The van der Waals surface area contributed by atoms with Crippen LogP contribution >= 0.6 is 54.5 Å². The van der Waals surface area contributed by atoms with Gasteiger partial charge < -0.3 is 27.3 Å². The first-order chi connectivity index (χ1) is 42.8. The number of hydrogen-bond donors (Lipinski definition) is 0. The molecule has 88 heavy (non-hydrogen) atoms. The number of para-hydroxylation sites is 4. The van der Waals surface area contributed by atoms with Gasteiger partial charge in [-0.1, -0.05) is 190 Å². The van der Waals surface area contributed by atoms with E-state index in [0.29, 0.717) is 0 Å². The largest absolute Gasteiger partial charge is 0.494 e. The second-order valence-electron chi connectivity index (χ2n) is 23.5. The molecule has 17 rings (SSSR count). The maximum absolute atomic E-state index is 6.37. The summed E-state index contributed by atoms with van der Waals surface area (Å²) in [5.74, 6) is 0. The molecule has 0 bridgehead atoms. The van der Waals surface area contributed by atoms with Crippen LogP contribution in [-0.2, 0) is 9.31 Å². The van der Waals surface area contributed by atoms with E-state index in [1.54, 1.807) is 0 Å². The quantitative estimate of drug-likeness (QED) is 0.123. The Balaban J connectivity index is 0.000000122. The van der Waals surface area contributed by atoms with Crippen molar-refractivity contribution in [3.8, 4) is 44.8 Å². The van der Waals surface area contributed by atoms with E-state index in [9.17, 15) is 0 Å². The van der Waals surface area contributed by atoms with E-state index in [1.807, 2.05) is 30.3 Å². The Morgan fingerprint density at radius 2 is 0.705 bits per heavy atom. The zero-order valence-electron chi connectivity index (χ0n) is 48.6. The molecule has 1 aliphatic rings. The highest BCUT2D eigenvalue weighted by molar-refractivity contribution is 14.1. The van der Waals surface area contributed by atoms with Crippen LogP contribution in [0.4, 0.5) is 0 Å². The van der Waals surface area contributed by atoms with E-state index in [4.69, 9.17) is 18.1 Å². The first-order valence-electron chi connectivity index (χ1n) is 29.4. The molecule has 0 amide bonds. The fraction of sp³-hybridized carbons (Fsp3) is 0.0769. The van der Waals surface area contributed by atoms with E-state index in [2.05, 4.69) is 328 Å². The average Bonchev–Trinajstić information content (AvgIpc) is 1.91. The lowest BCUT2D eigenvalue weighted by Gasteiger charge is -2.32. The Morgan fingerprint density at radius 3 is 1.19 bits per heavy atom. The van der Waals surface area contributed by atoms with Crippen LogP contribution in [0.25, 0.3) is 132 Å². The standard InChI is InChI=1S/C36H22BrNO.C30H26BNO3.C12H8BrI/c37-27-7-5-6-25(20-27)23-12-14-24(15-13-23)26-16-18-30-29-8-1-3-10-33(29)38(34(30)21-26)28-17-19-36-32(22-28)31-9-2-4-11-35(31)39-36;1-29(2)30(3,4)35-31(34-29)19-13-15-22-21-9-5-7-11-25(21)32(26(22)17-19)20-14-16-28-24(18-20)23-10-6-8-12-27(23)33-28;13-11-3-1-2-10(8-11)9-4-6-12(14)7-5-9/h1-22H;5-18H,1-4H3;1-8H. The van der Waals surface area contributed by atoms with Gasteiger partial charge in [0.25, 0.3) is 0 Å². The Kier molecular flexibility index (Phi) is 14.4. The highest BCUT2D eigenvalue weighted by atomic mass is 127. The molecular weight excluding hydrogens is 1330 g/mol. The SMILES string of the molecule is Brc1cccc(-c2ccc(-c3ccc4c5ccccc5n(-c5ccc6oc7ccccc7c6c5)c4c3)cc2)c1.Brc1cccc(-c2ccc(I)cc2)c1.CC1(C)OB(c2ccc3c4ccccc4n(-c4ccc5oc6ccccc6c5c4)c3c2)OC1(C)C. The highest BCUT2D eigenvalue weighted by Crippen LogP contribution is 2.41. The van der Waals surface area contributed by atoms with Crippen molar-refractivity contribution in [1.82, 2.24) is 9.13 Å². The lowest BCUT2D eigenvalue weighted by molar-refractivity contribution is 0.00578. The maximum atomic E-state index is 6.37. The number of hydrogen-bond acceptors (Lipinski definition) is 4. The average molecular weight is 1380 g/mol. The fourth-order valence-corrected chi connectivity index (χ4v) is 13.5. The molecule has 0 N–H and O–H groups in total. The summed E-state index contributed by atoms with van der Waals surface area (Å²) in [5.41, 5.74) is 18.1. The van der Waals surface area contributed by atoms with Crippen molar-refractivity contribution in [2.75, 3.05) is 0 Å². The molecule has 6 nitrogen and oxygen atoms in total. The molecule has 1 aliphatic heterocycles. The van der Waals surface area contributed by atoms with E-state index in [0.717, 1.165) is 75.2 Å². The monoisotopic (exact) mass is 1380 g/mol. The van der Waals surface area contributed by atoms with Crippen LogP contribution in [0, 0.1) is 3.57 Å². The summed E-state index contributed by atoms with van der Waals surface area (Å²) in [4.78, 5) is 0. The van der Waals surface area contributed by atoms with Crippen molar-refractivity contribution in [1.29, 1.82) is 0 Å². The van der Waals surface area contributed by atoms with E-state index < -0.39 is 7.12 Å². The Bertz CT molecular complexity index is 5330. The predicted octanol–water partition coefficient (Wildman–Crippen LogP) is 22.5. The van der Waals surface area contributed by atoms with Crippen LogP contribution in [0.3, 0.4) is 0 Å². The topological polar surface area (TPSA) is 54.6 Å². The van der Waals surface area contributed by atoms with Crippen molar-refractivity contribution < 1.29 is 18.1 Å². The maximum Gasteiger partial charge on any atom is 0.494 e. The molecule has 16 aromatic rings. The van der Waals surface area contributed by atoms with E-state index >= 15 is 0 Å². The summed E-state index contributed by atoms with van der Waals surface area (Å²) in [5, 5.41) is 9.44. The first-order valence-corrected chi connectivity index (χ1v) is 32.1. The van der Waals surface area contributed by atoms with Crippen molar-refractivity contribution >= 4 is 155 Å². The minimum atomic E-state index is -0.406. The summed E-state index contributed by atoms with van der Waals surface area (Å²) < 4.78 is 33.1. The second-order valence-corrected chi connectivity index (χ2v) is 26.5. The molecular formula is C78H56BBr2IN2O4. The molecule has 4 aromatic heterocycles. The second kappa shape index (κ2) is 22.6. The highest BCUT2D eigenvalue weighted by Gasteiger charge is 2.51. The van der Waals surface area contributed by atoms with Gasteiger partial charge in [-0.2, -0.15) is 0 Å². The van der Waals surface area contributed by atoms with Gasteiger partial charge in [0.15, 0.2) is 0 Å². The van der Waals surface area contributed by atoms with Crippen LogP contribution in [-0.4, -0.2) is 27.5 Å². The van der Waals surface area contributed by atoms with Crippen molar-refractivity contribution in [2.24, 2.45) is 0 Å². The smallest absolute Gasteiger partial charge is 0.456 e. The molecule has 0 unspecified atom stereocenters. The molecule has 0 spiro atoms. The van der Waals surface area contributed by atoms with Gasteiger partial charge in [-0.25, -0.2) is 0 Å². The molecule has 0 aliphatic carbocycles. The lowest BCUT2D eigenvalue weighted by atomic mass is 9.79. The molecule has 0 radical (unpaired) electrons. The molecule has 1 saturated heterocycles. The van der Waals surface area contributed by atoms with Gasteiger partial charge in [0.1, 0.15) is 22.3 Å². The van der Waals surface area contributed by atoms with E-state index in [-0.39, 0.29) is 11.2 Å². The molecule has 1 fully saturated rings. The number of nitrogens with zero attached hydrogens (tertiary/aromatic N) is 2. The van der Waals surface area contributed by atoms with Crippen LogP contribution in [0.1, 0.15) is 27.7 Å². The van der Waals surface area contributed by atoms with Gasteiger partial charge in [-0.15, -0.1) is 0 Å². The minimum Gasteiger partial charge on any atom is -0.456 e. The molecule has 426 valence electrons. The minimum absolute atomic E-state index is 0.382. The molecule has 0 atom stereocenters. The summed E-state index contributed by atoms with van der Waals surface area (Å²) in [7, 11) is -0.406. The van der Waals surface area contributed by atoms with Gasteiger partial charge in [0.05, 0.1) is 33.3 Å². The van der Waals surface area contributed by atoms with Gasteiger partial charge >= 0.3 is 7.12 Å². The number of fused-ring (bicyclic) bond motifs is 12. The first kappa shape index (κ1) is 56.1. The third-order valence-corrected chi connectivity index (χ3v) is 19.2. The Hall–Kier alpha value is -8.49. The number of aromatic nitrogens is 2. The summed E-state index contributed by atoms with van der Waals surface area (Å²) >= 11 is 9.37. The number of halogens is 3. The lowest BCUT2D eigenvalue weighted by Crippen LogP contribution is -2.41. The van der Waals surface area contributed by atoms with Gasteiger partial charge in [-0.3, -0.25) is 0 Å². The van der Waals surface area contributed by atoms with Crippen molar-refractivity contribution in [3.63, 3.8) is 0 Å². The predicted molar refractivity (Wildman–Crippen MR) is 383 cm³/mol. The molecule has 10 heteroatoms.